The van der Waals surface area contributed by atoms with Crippen molar-refractivity contribution in [1.82, 2.24) is 0 Å². The molecular weight excluding hydrogens is 284 g/mol. The van der Waals surface area contributed by atoms with Crippen molar-refractivity contribution in [3.63, 3.8) is 0 Å². The van der Waals surface area contributed by atoms with Crippen LogP contribution in [0.5, 0.6) is 5.75 Å². The van der Waals surface area contributed by atoms with Gasteiger partial charge in [0, 0.05) is 7.11 Å². The van der Waals surface area contributed by atoms with Gasteiger partial charge in [-0.05, 0) is 47.1 Å². The van der Waals surface area contributed by atoms with Crippen LogP contribution in [0, 0.1) is 13.8 Å². The highest BCUT2D eigenvalue weighted by atomic mass is 16.5. The van der Waals surface area contributed by atoms with Gasteiger partial charge in [-0.15, -0.1) is 0 Å². The van der Waals surface area contributed by atoms with Gasteiger partial charge in [-0.25, -0.2) is 0 Å². The van der Waals surface area contributed by atoms with Crippen LogP contribution in [-0.2, 0) is 23.4 Å². The van der Waals surface area contributed by atoms with E-state index in [0.717, 1.165) is 5.75 Å². The summed E-state index contributed by atoms with van der Waals surface area (Å²) in [5.74, 6) is 0.988. The second-order valence-electron chi connectivity index (χ2n) is 7.23. The Labute approximate surface area is 140 Å². The van der Waals surface area contributed by atoms with E-state index in [2.05, 4.69) is 71.0 Å². The fourth-order valence-corrected chi connectivity index (χ4v) is 2.71. The normalized spacial score (nSPS) is 11.6. The van der Waals surface area contributed by atoms with E-state index in [1.165, 1.54) is 27.8 Å². The molecule has 0 fully saturated rings. The van der Waals surface area contributed by atoms with E-state index in [9.17, 15) is 0 Å². The van der Waals surface area contributed by atoms with Crippen molar-refractivity contribution >= 4 is 0 Å². The summed E-state index contributed by atoms with van der Waals surface area (Å²) in [5.41, 5.74) is 6.15. The molecule has 2 heteroatoms. The average Bonchev–Trinajstić information content (AvgIpc) is 2.46. The molecule has 2 aromatic carbocycles. The zero-order valence-corrected chi connectivity index (χ0v) is 15.2. The molecule has 0 atom stereocenters. The zero-order chi connectivity index (χ0) is 17.0. The maximum absolute atomic E-state index is 6.11. The van der Waals surface area contributed by atoms with Crippen LogP contribution >= 0.6 is 0 Å². The number of methoxy groups -OCH3 is 1. The quantitative estimate of drug-likeness (QED) is 0.743. The van der Waals surface area contributed by atoms with Gasteiger partial charge in [0.2, 0.25) is 0 Å². The van der Waals surface area contributed by atoms with Crippen molar-refractivity contribution in [1.29, 1.82) is 0 Å². The second-order valence-corrected chi connectivity index (χ2v) is 7.23. The SMILES string of the molecule is COCc1cc(COc2c(C)cccc2C)cc(C(C)(C)C)c1. The Hall–Kier alpha value is -1.80. The van der Waals surface area contributed by atoms with E-state index in [4.69, 9.17) is 9.47 Å². The van der Waals surface area contributed by atoms with Gasteiger partial charge in [0.05, 0.1) is 6.61 Å². The van der Waals surface area contributed by atoms with Gasteiger partial charge >= 0.3 is 0 Å². The summed E-state index contributed by atoms with van der Waals surface area (Å²) < 4.78 is 11.4. The van der Waals surface area contributed by atoms with Gasteiger partial charge in [0.1, 0.15) is 12.4 Å². The standard InChI is InChI=1S/C21H28O2/c1-15-8-7-9-16(2)20(15)23-14-18-10-17(13-22-6)11-19(12-18)21(3,4)5/h7-12H,13-14H2,1-6H3. The van der Waals surface area contributed by atoms with Crippen LogP contribution in [0.2, 0.25) is 0 Å². The lowest BCUT2D eigenvalue weighted by atomic mass is 9.85. The van der Waals surface area contributed by atoms with Gasteiger partial charge in [-0.2, -0.15) is 0 Å². The molecule has 2 aromatic rings. The Morgan fingerprint density at radius 3 is 1.96 bits per heavy atom. The third-order valence-corrected chi connectivity index (χ3v) is 4.02. The van der Waals surface area contributed by atoms with Crippen LogP contribution in [0.4, 0.5) is 0 Å². The maximum Gasteiger partial charge on any atom is 0.125 e. The number of benzene rings is 2. The van der Waals surface area contributed by atoms with Crippen LogP contribution in [0.1, 0.15) is 48.6 Å². The topological polar surface area (TPSA) is 18.5 Å². The van der Waals surface area contributed by atoms with E-state index in [0.29, 0.717) is 13.2 Å². The van der Waals surface area contributed by atoms with E-state index in [1.807, 2.05) is 0 Å². The van der Waals surface area contributed by atoms with E-state index in [-0.39, 0.29) is 5.41 Å². The molecule has 0 saturated carbocycles. The van der Waals surface area contributed by atoms with Crippen molar-refractivity contribution in [3.8, 4) is 5.75 Å². The van der Waals surface area contributed by atoms with Gasteiger partial charge in [0.15, 0.2) is 0 Å². The van der Waals surface area contributed by atoms with Crippen LogP contribution in [0.3, 0.4) is 0 Å². The molecule has 0 aromatic heterocycles. The smallest absolute Gasteiger partial charge is 0.125 e. The minimum absolute atomic E-state index is 0.108. The molecule has 0 heterocycles. The molecule has 0 radical (unpaired) electrons. The Kier molecular flexibility index (Phi) is 5.48. The molecule has 23 heavy (non-hydrogen) atoms. The summed E-state index contributed by atoms with van der Waals surface area (Å²) in [7, 11) is 1.73. The summed E-state index contributed by atoms with van der Waals surface area (Å²) >= 11 is 0. The summed E-state index contributed by atoms with van der Waals surface area (Å²) in [6.45, 7) is 12.1. The first-order valence-corrected chi connectivity index (χ1v) is 8.12. The van der Waals surface area contributed by atoms with Crippen molar-refractivity contribution in [2.45, 2.75) is 53.2 Å². The number of rotatable bonds is 5. The highest BCUT2D eigenvalue weighted by Gasteiger charge is 2.16. The lowest BCUT2D eigenvalue weighted by molar-refractivity contribution is 0.184. The molecule has 0 amide bonds. The van der Waals surface area contributed by atoms with Gasteiger partial charge in [-0.1, -0.05) is 57.2 Å². The summed E-state index contributed by atoms with van der Waals surface area (Å²) in [5, 5.41) is 0. The van der Waals surface area contributed by atoms with E-state index in [1.54, 1.807) is 7.11 Å². The van der Waals surface area contributed by atoms with Crippen molar-refractivity contribution in [2.75, 3.05) is 7.11 Å². The van der Waals surface area contributed by atoms with Crippen LogP contribution in [-0.4, -0.2) is 7.11 Å². The molecule has 0 aliphatic rings. The number of para-hydroxylation sites is 1. The Balaban J connectivity index is 2.27. The highest BCUT2D eigenvalue weighted by molar-refractivity contribution is 5.40. The molecule has 0 unspecified atom stereocenters. The van der Waals surface area contributed by atoms with Crippen LogP contribution in [0.15, 0.2) is 36.4 Å². The van der Waals surface area contributed by atoms with Crippen molar-refractivity contribution < 1.29 is 9.47 Å². The van der Waals surface area contributed by atoms with Crippen LogP contribution < -0.4 is 4.74 Å². The lowest BCUT2D eigenvalue weighted by Crippen LogP contribution is -2.13. The zero-order valence-electron chi connectivity index (χ0n) is 15.2. The fraction of sp³-hybridized carbons (Fsp3) is 0.429. The molecule has 2 nitrogen and oxygen atoms in total. The number of aryl methyl sites for hydroxylation is 2. The number of ether oxygens (including phenoxy) is 2. The largest absolute Gasteiger partial charge is 0.488 e. The maximum atomic E-state index is 6.11. The molecule has 0 bridgehead atoms. The first-order valence-electron chi connectivity index (χ1n) is 8.12. The Morgan fingerprint density at radius 2 is 1.43 bits per heavy atom. The number of hydrogen-bond donors (Lipinski definition) is 0. The predicted octanol–water partition coefficient (Wildman–Crippen LogP) is 5.33. The monoisotopic (exact) mass is 312 g/mol. The molecular formula is C21H28O2. The lowest BCUT2D eigenvalue weighted by Gasteiger charge is -2.22. The van der Waals surface area contributed by atoms with Crippen molar-refractivity contribution in [3.05, 3.63) is 64.2 Å². The molecule has 0 aliphatic heterocycles. The van der Waals surface area contributed by atoms with E-state index < -0.39 is 0 Å². The van der Waals surface area contributed by atoms with Crippen molar-refractivity contribution in [2.24, 2.45) is 0 Å². The molecule has 2 rings (SSSR count). The third-order valence-electron chi connectivity index (χ3n) is 4.02. The summed E-state index contributed by atoms with van der Waals surface area (Å²) in [6.07, 6.45) is 0. The van der Waals surface area contributed by atoms with Gasteiger partial charge < -0.3 is 9.47 Å². The molecule has 0 aliphatic carbocycles. The van der Waals surface area contributed by atoms with Gasteiger partial charge in [-0.3, -0.25) is 0 Å². The van der Waals surface area contributed by atoms with E-state index >= 15 is 0 Å². The van der Waals surface area contributed by atoms with Crippen LogP contribution in [0.25, 0.3) is 0 Å². The average molecular weight is 312 g/mol. The molecule has 124 valence electrons. The fourth-order valence-electron chi connectivity index (χ4n) is 2.71. The summed E-state index contributed by atoms with van der Waals surface area (Å²) in [4.78, 5) is 0. The first kappa shape index (κ1) is 17.6. The minimum Gasteiger partial charge on any atom is -0.488 e. The third kappa shape index (κ3) is 4.59. The molecule has 0 N–H and O–H groups in total. The van der Waals surface area contributed by atoms with Gasteiger partial charge in [0.25, 0.3) is 0 Å². The first-order chi connectivity index (χ1) is 10.8. The highest BCUT2D eigenvalue weighted by Crippen LogP contribution is 2.27. The second kappa shape index (κ2) is 7.18. The Morgan fingerprint density at radius 1 is 0.870 bits per heavy atom. The minimum atomic E-state index is 0.108. The molecule has 0 saturated heterocycles. The Bertz CT molecular complexity index is 646. The summed E-state index contributed by atoms with van der Waals surface area (Å²) in [6, 6.07) is 12.9. The predicted molar refractivity (Wildman–Crippen MR) is 96.1 cm³/mol. The number of hydrogen-bond acceptors (Lipinski definition) is 2. The molecule has 0 spiro atoms.